The first-order valence-corrected chi connectivity index (χ1v) is 15.5. The molecule has 0 bridgehead atoms. The summed E-state index contributed by atoms with van der Waals surface area (Å²) in [5.41, 5.74) is 3.06. The van der Waals surface area contributed by atoms with Crippen LogP contribution >= 0.6 is 22.9 Å². The van der Waals surface area contributed by atoms with Crippen LogP contribution in [0.5, 0.6) is 17.2 Å². The number of benzene rings is 3. The number of para-hydroxylation sites is 1. The lowest BCUT2D eigenvalue weighted by Crippen LogP contribution is -2.43. The number of halogens is 1. The molecule has 1 amide bonds. The lowest BCUT2D eigenvalue weighted by atomic mass is 9.93. The number of rotatable bonds is 10. The van der Waals surface area contributed by atoms with Crippen molar-refractivity contribution in [2.45, 2.75) is 33.4 Å². The van der Waals surface area contributed by atoms with Gasteiger partial charge in [0.2, 0.25) is 0 Å². The van der Waals surface area contributed by atoms with E-state index in [1.807, 2.05) is 81.4 Å². The van der Waals surface area contributed by atoms with Crippen LogP contribution in [0.4, 0.5) is 0 Å². The summed E-state index contributed by atoms with van der Waals surface area (Å²) in [4.78, 5) is 35.2. The highest BCUT2D eigenvalue weighted by Gasteiger charge is 2.36. The zero-order valence-corrected chi connectivity index (χ0v) is 26.9. The van der Waals surface area contributed by atoms with Crippen LogP contribution in [0.15, 0.2) is 87.8 Å². The number of carbonyl (C=O) groups excluding carboxylic acids is 1. The molecule has 1 aromatic heterocycles. The number of methoxy groups -OCH3 is 2. The quantitative estimate of drug-likeness (QED) is 0.236. The summed E-state index contributed by atoms with van der Waals surface area (Å²) in [6.45, 7) is 7.05. The molecule has 4 aromatic rings. The fourth-order valence-corrected chi connectivity index (χ4v) is 6.40. The van der Waals surface area contributed by atoms with Gasteiger partial charge in [-0.15, -0.1) is 0 Å². The van der Waals surface area contributed by atoms with Crippen molar-refractivity contribution in [3.05, 3.63) is 119 Å². The number of nitrogens with zero attached hydrogens (tertiary/aromatic N) is 3. The first-order valence-electron chi connectivity index (χ1n) is 14.3. The summed E-state index contributed by atoms with van der Waals surface area (Å²) in [5.74, 6) is 1.57. The fourth-order valence-electron chi connectivity index (χ4n) is 5.24. The number of likely N-dealkylation sites (N-methyl/N-ethyl adjacent to an activating group) is 1. The van der Waals surface area contributed by atoms with E-state index in [1.54, 1.807) is 35.8 Å². The van der Waals surface area contributed by atoms with Crippen LogP contribution in [0, 0.1) is 0 Å². The molecule has 0 saturated heterocycles. The van der Waals surface area contributed by atoms with Crippen molar-refractivity contribution >= 4 is 34.9 Å². The number of amides is 1. The van der Waals surface area contributed by atoms with Gasteiger partial charge < -0.3 is 19.1 Å². The van der Waals surface area contributed by atoms with E-state index < -0.39 is 6.04 Å². The fraction of sp³-hybridized carbons (Fsp3) is 0.265. The Labute approximate surface area is 265 Å². The van der Waals surface area contributed by atoms with Gasteiger partial charge in [-0.25, -0.2) is 4.99 Å². The third-order valence-corrected chi connectivity index (χ3v) is 8.78. The Morgan fingerprint density at radius 1 is 1.02 bits per heavy atom. The van der Waals surface area contributed by atoms with Crippen LogP contribution in [0.2, 0.25) is 5.02 Å². The molecule has 10 heteroatoms. The van der Waals surface area contributed by atoms with E-state index in [4.69, 9.17) is 30.8 Å². The third kappa shape index (κ3) is 6.16. The second-order valence-electron chi connectivity index (χ2n) is 10.1. The van der Waals surface area contributed by atoms with Gasteiger partial charge in [-0.3, -0.25) is 14.2 Å². The lowest BCUT2D eigenvalue weighted by molar-refractivity contribution is -0.127. The van der Waals surface area contributed by atoms with Crippen LogP contribution in [0.25, 0.3) is 6.08 Å². The van der Waals surface area contributed by atoms with E-state index >= 15 is 0 Å². The van der Waals surface area contributed by atoms with E-state index in [9.17, 15) is 9.59 Å². The predicted octanol–water partition coefficient (Wildman–Crippen LogP) is 5.35. The maximum absolute atomic E-state index is 14.3. The third-order valence-electron chi connectivity index (χ3n) is 7.55. The highest BCUT2D eigenvalue weighted by Crippen LogP contribution is 2.38. The molecule has 228 valence electrons. The molecule has 2 heterocycles. The maximum atomic E-state index is 14.3. The van der Waals surface area contributed by atoms with Crippen molar-refractivity contribution in [3.63, 3.8) is 0 Å². The number of aromatic nitrogens is 1. The van der Waals surface area contributed by atoms with Gasteiger partial charge in [-0.1, -0.05) is 53.3 Å². The molecule has 44 heavy (non-hydrogen) atoms. The van der Waals surface area contributed by atoms with Crippen LogP contribution in [-0.2, 0) is 11.4 Å². The number of fused-ring (bicyclic) bond motifs is 1. The van der Waals surface area contributed by atoms with E-state index in [2.05, 4.69) is 0 Å². The van der Waals surface area contributed by atoms with Gasteiger partial charge in [0.05, 0.1) is 30.0 Å². The second-order valence-corrected chi connectivity index (χ2v) is 11.6. The van der Waals surface area contributed by atoms with E-state index in [0.29, 0.717) is 68.1 Å². The Bertz CT molecular complexity index is 1890. The standard InChI is InChI=1S/C34H34ClN3O5S/c1-6-37(7-2)33(40)30-21(3)36-34-38(31(30)26-19-25(41-4)16-17-28(26)42-5)32(39)29(44-34)18-23-10-8-9-11-27(23)43-20-22-12-14-24(35)15-13-22/h8-19,31H,6-7,20H2,1-5H3/b29-18+/t31-/m1/s1. The van der Waals surface area contributed by atoms with Gasteiger partial charge in [0, 0.05) is 29.2 Å². The minimum absolute atomic E-state index is 0.179. The summed E-state index contributed by atoms with van der Waals surface area (Å²) in [5, 5.41) is 0.659. The molecule has 5 rings (SSSR count). The van der Waals surface area contributed by atoms with Crippen molar-refractivity contribution in [3.8, 4) is 17.2 Å². The molecule has 8 nitrogen and oxygen atoms in total. The molecular formula is C34H34ClN3O5S. The average Bonchev–Trinajstić information content (AvgIpc) is 3.34. The topological polar surface area (TPSA) is 82.4 Å². The number of carbonyl (C=O) groups is 1. The highest BCUT2D eigenvalue weighted by molar-refractivity contribution is 7.07. The van der Waals surface area contributed by atoms with Crippen molar-refractivity contribution in [1.29, 1.82) is 0 Å². The highest BCUT2D eigenvalue weighted by atomic mass is 35.5. The van der Waals surface area contributed by atoms with E-state index in [1.165, 1.54) is 11.3 Å². The summed E-state index contributed by atoms with van der Waals surface area (Å²) in [6.07, 6.45) is 1.81. The van der Waals surface area contributed by atoms with Crippen molar-refractivity contribution < 1.29 is 19.0 Å². The molecule has 0 radical (unpaired) electrons. The van der Waals surface area contributed by atoms with Gasteiger partial charge in [0.25, 0.3) is 11.5 Å². The van der Waals surface area contributed by atoms with Gasteiger partial charge >= 0.3 is 0 Å². The van der Waals surface area contributed by atoms with Gasteiger partial charge in [0.15, 0.2) is 4.80 Å². The lowest BCUT2D eigenvalue weighted by Gasteiger charge is -2.30. The van der Waals surface area contributed by atoms with Crippen LogP contribution < -0.4 is 29.1 Å². The van der Waals surface area contributed by atoms with Crippen LogP contribution in [-0.4, -0.2) is 42.7 Å². The summed E-state index contributed by atoms with van der Waals surface area (Å²) < 4.78 is 19.5. The van der Waals surface area contributed by atoms with Crippen LogP contribution in [0.1, 0.15) is 43.5 Å². The van der Waals surface area contributed by atoms with Gasteiger partial charge in [0.1, 0.15) is 29.9 Å². The smallest absolute Gasteiger partial charge is 0.271 e. The molecule has 0 unspecified atom stereocenters. The Morgan fingerprint density at radius 2 is 1.75 bits per heavy atom. The molecule has 0 N–H and O–H groups in total. The zero-order valence-electron chi connectivity index (χ0n) is 25.3. The molecular weight excluding hydrogens is 598 g/mol. The van der Waals surface area contributed by atoms with E-state index in [0.717, 1.165) is 11.1 Å². The van der Waals surface area contributed by atoms with Gasteiger partial charge in [-0.05, 0) is 68.8 Å². The molecule has 1 atom stereocenters. The number of thiazole rings is 1. The number of allylic oxidation sites excluding steroid dienone is 1. The Balaban J connectivity index is 1.66. The molecule has 0 fully saturated rings. The molecule has 3 aromatic carbocycles. The molecule has 0 saturated carbocycles. The minimum atomic E-state index is -0.775. The van der Waals surface area contributed by atoms with Crippen LogP contribution in [0.3, 0.4) is 0 Å². The Morgan fingerprint density at radius 3 is 2.43 bits per heavy atom. The Hall–Kier alpha value is -4.34. The summed E-state index contributed by atoms with van der Waals surface area (Å²) >= 11 is 7.30. The maximum Gasteiger partial charge on any atom is 0.271 e. The van der Waals surface area contributed by atoms with E-state index in [-0.39, 0.29) is 11.5 Å². The first-order chi connectivity index (χ1) is 21.3. The van der Waals surface area contributed by atoms with Crippen molar-refractivity contribution in [2.24, 2.45) is 4.99 Å². The predicted molar refractivity (Wildman–Crippen MR) is 173 cm³/mol. The SMILES string of the molecule is CCN(CC)C(=O)C1=C(C)N=c2s/c(=C/c3ccccc3OCc3ccc(Cl)cc3)c(=O)n2[C@@H]1c1cc(OC)ccc1OC. The largest absolute Gasteiger partial charge is 0.497 e. The average molecular weight is 632 g/mol. The molecule has 0 spiro atoms. The van der Waals surface area contributed by atoms with Crippen molar-refractivity contribution in [1.82, 2.24) is 9.47 Å². The summed E-state index contributed by atoms with van der Waals surface area (Å²) in [7, 11) is 3.14. The molecule has 0 aliphatic carbocycles. The molecule has 1 aliphatic rings. The number of hydrogen-bond acceptors (Lipinski definition) is 7. The second kappa shape index (κ2) is 13.5. The minimum Gasteiger partial charge on any atom is -0.497 e. The number of hydrogen-bond donors (Lipinski definition) is 0. The van der Waals surface area contributed by atoms with Gasteiger partial charge in [-0.2, -0.15) is 0 Å². The zero-order chi connectivity index (χ0) is 31.4. The monoisotopic (exact) mass is 631 g/mol. The molecule has 1 aliphatic heterocycles. The normalized spacial score (nSPS) is 14.6. The number of ether oxygens (including phenoxy) is 3. The first kappa shape index (κ1) is 31.1. The van der Waals surface area contributed by atoms with Crippen molar-refractivity contribution in [2.75, 3.05) is 27.3 Å². The Kier molecular flexibility index (Phi) is 9.56. The summed E-state index contributed by atoms with van der Waals surface area (Å²) in [6, 6.07) is 19.6.